The highest BCUT2D eigenvalue weighted by molar-refractivity contribution is 4.80. The van der Waals surface area contributed by atoms with Gasteiger partial charge < -0.3 is 10.2 Å². The summed E-state index contributed by atoms with van der Waals surface area (Å²) in [6.45, 7) is 4.87. The second kappa shape index (κ2) is 4.94. The third-order valence-corrected chi connectivity index (χ3v) is 3.01. The smallest absolute Gasteiger partial charge is 0.0897 e. The lowest BCUT2D eigenvalue weighted by molar-refractivity contribution is 0.0157. The molecule has 0 bridgehead atoms. The molecule has 1 saturated heterocycles. The Morgan fingerprint density at radius 2 is 1.85 bits per heavy atom. The van der Waals surface area contributed by atoms with Gasteiger partial charge in [-0.25, -0.2) is 0 Å². The number of aliphatic hydroxyl groups is 2. The van der Waals surface area contributed by atoms with Crippen LogP contribution in [0.3, 0.4) is 0 Å². The molecule has 2 N–H and O–H groups in total. The topological polar surface area (TPSA) is 43.7 Å². The van der Waals surface area contributed by atoms with Crippen LogP contribution in [0.4, 0.5) is 0 Å². The number of likely N-dealkylation sites (tertiary alicyclic amines) is 1. The minimum atomic E-state index is -0.581. The lowest BCUT2D eigenvalue weighted by Gasteiger charge is -2.39. The maximum absolute atomic E-state index is 9.35. The molecule has 0 amide bonds. The molecular weight excluding hydrogens is 166 g/mol. The van der Waals surface area contributed by atoms with Crippen LogP contribution in [0.2, 0.25) is 0 Å². The second-order valence-electron chi connectivity index (χ2n) is 4.16. The van der Waals surface area contributed by atoms with Gasteiger partial charge in [-0.3, -0.25) is 4.90 Å². The molecule has 1 aliphatic rings. The van der Waals surface area contributed by atoms with Gasteiger partial charge in [-0.1, -0.05) is 6.42 Å². The van der Waals surface area contributed by atoms with Crippen LogP contribution in [-0.2, 0) is 0 Å². The molecule has 78 valence electrons. The first-order valence-electron chi connectivity index (χ1n) is 5.19. The molecule has 0 aromatic heterocycles. The van der Waals surface area contributed by atoms with Crippen molar-refractivity contribution in [3.05, 3.63) is 0 Å². The number of hydrogen-bond donors (Lipinski definition) is 2. The third-order valence-electron chi connectivity index (χ3n) is 3.01. The first-order chi connectivity index (χ1) is 6.15. The Hall–Kier alpha value is -0.120. The Kier molecular flexibility index (Phi) is 4.16. The molecule has 1 aliphatic heterocycles. The molecule has 0 radical (unpaired) electrons. The zero-order chi connectivity index (χ0) is 9.84. The molecular formula is C10H21NO2. The quantitative estimate of drug-likeness (QED) is 0.680. The second-order valence-corrected chi connectivity index (χ2v) is 4.16. The lowest BCUT2D eigenvalue weighted by atomic mass is 9.97. The fourth-order valence-corrected chi connectivity index (χ4v) is 2.14. The van der Waals surface area contributed by atoms with E-state index in [-0.39, 0.29) is 6.61 Å². The van der Waals surface area contributed by atoms with Crippen LogP contribution >= 0.6 is 0 Å². The first-order valence-corrected chi connectivity index (χ1v) is 5.19. The molecule has 3 unspecified atom stereocenters. The lowest BCUT2D eigenvalue weighted by Crippen LogP contribution is -2.47. The number of aliphatic hydroxyl groups excluding tert-OH is 2. The standard InChI is InChI=1S/C10H21NO2/c1-8-4-3-5-9(2)11(8)6-10(13)7-12/h8-10,12-13H,3-7H2,1-2H3. The third kappa shape index (κ3) is 2.93. The summed E-state index contributed by atoms with van der Waals surface area (Å²) in [5, 5.41) is 18.1. The van der Waals surface area contributed by atoms with Crippen LogP contribution in [0.5, 0.6) is 0 Å². The molecule has 13 heavy (non-hydrogen) atoms. The Morgan fingerprint density at radius 3 is 2.31 bits per heavy atom. The highest BCUT2D eigenvalue weighted by Gasteiger charge is 2.25. The molecule has 1 rings (SSSR count). The fourth-order valence-electron chi connectivity index (χ4n) is 2.14. The van der Waals surface area contributed by atoms with E-state index >= 15 is 0 Å². The van der Waals surface area contributed by atoms with Crippen LogP contribution in [0.1, 0.15) is 33.1 Å². The van der Waals surface area contributed by atoms with Gasteiger partial charge in [0, 0.05) is 18.6 Å². The van der Waals surface area contributed by atoms with E-state index in [1.54, 1.807) is 0 Å². The summed E-state index contributed by atoms with van der Waals surface area (Å²) in [5.41, 5.74) is 0. The summed E-state index contributed by atoms with van der Waals surface area (Å²) in [6.07, 6.45) is 3.13. The molecule has 1 heterocycles. The molecule has 0 aromatic rings. The van der Waals surface area contributed by atoms with E-state index < -0.39 is 6.10 Å². The van der Waals surface area contributed by atoms with Gasteiger partial charge >= 0.3 is 0 Å². The molecule has 0 aliphatic carbocycles. The van der Waals surface area contributed by atoms with Crippen molar-refractivity contribution >= 4 is 0 Å². The van der Waals surface area contributed by atoms with Crippen molar-refractivity contribution in [2.75, 3.05) is 13.2 Å². The first kappa shape index (κ1) is 11.0. The number of rotatable bonds is 3. The average molecular weight is 187 g/mol. The molecule has 0 saturated carbocycles. The summed E-state index contributed by atoms with van der Waals surface area (Å²) >= 11 is 0. The Labute approximate surface area is 80.4 Å². The van der Waals surface area contributed by atoms with E-state index in [9.17, 15) is 5.11 Å². The number of nitrogens with zero attached hydrogens (tertiary/aromatic N) is 1. The Morgan fingerprint density at radius 1 is 1.31 bits per heavy atom. The van der Waals surface area contributed by atoms with Crippen molar-refractivity contribution in [1.29, 1.82) is 0 Å². The molecule has 1 fully saturated rings. The van der Waals surface area contributed by atoms with Gasteiger partial charge in [-0.15, -0.1) is 0 Å². The van der Waals surface area contributed by atoms with Gasteiger partial charge in [0.15, 0.2) is 0 Å². The molecule has 3 heteroatoms. The minimum Gasteiger partial charge on any atom is -0.394 e. The Balaban J connectivity index is 2.43. The van der Waals surface area contributed by atoms with Gasteiger partial charge in [0.25, 0.3) is 0 Å². The monoisotopic (exact) mass is 187 g/mol. The number of hydrogen-bond acceptors (Lipinski definition) is 3. The van der Waals surface area contributed by atoms with Crippen molar-refractivity contribution in [2.45, 2.75) is 51.3 Å². The largest absolute Gasteiger partial charge is 0.394 e. The number of β-amino-alcohol motifs (C(OH)–C–C–N with tert-alkyl or cyclic N) is 1. The normalized spacial score (nSPS) is 33.2. The van der Waals surface area contributed by atoms with E-state index in [1.807, 2.05) is 0 Å². The summed E-state index contributed by atoms with van der Waals surface area (Å²) < 4.78 is 0. The van der Waals surface area contributed by atoms with E-state index in [0.717, 1.165) is 0 Å². The van der Waals surface area contributed by atoms with Gasteiger partial charge in [0.1, 0.15) is 0 Å². The zero-order valence-electron chi connectivity index (χ0n) is 8.61. The van der Waals surface area contributed by atoms with Gasteiger partial charge in [0.2, 0.25) is 0 Å². The van der Waals surface area contributed by atoms with Crippen LogP contribution in [0.25, 0.3) is 0 Å². The van der Waals surface area contributed by atoms with E-state index in [1.165, 1.54) is 19.3 Å². The zero-order valence-corrected chi connectivity index (χ0v) is 8.61. The summed E-state index contributed by atoms with van der Waals surface area (Å²) in [7, 11) is 0. The van der Waals surface area contributed by atoms with Crippen molar-refractivity contribution < 1.29 is 10.2 Å². The van der Waals surface area contributed by atoms with Gasteiger partial charge in [-0.05, 0) is 26.7 Å². The maximum Gasteiger partial charge on any atom is 0.0897 e. The highest BCUT2D eigenvalue weighted by atomic mass is 16.3. The predicted octanol–water partition coefficient (Wildman–Crippen LogP) is 0.602. The molecule has 3 atom stereocenters. The van der Waals surface area contributed by atoms with Crippen LogP contribution < -0.4 is 0 Å². The minimum absolute atomic E-state index is 0.129. The van der Waals surface area contributed by atoms with Crippen LogP contribution in [0.15, 0.2) is 0 Å². The van der Waals surface area contributed by atoms with E-state index in [0.29, 0.717) is 18.6 Å². The SMILES string of the molecule is CC1CCCC(C)N1CC(O)CO. The van der Waals surface area contributed by atoms with Gasteiger partial charge in [0.05, 0.1) is 12.7 Å². The maximum atomic E-state index is 9.35. The van der Waals surface area contributed by atoms with Crippen molar-refractivity contribution in [3.63, 3.8) is 0 Å². The molecule has 3 nitrogen and oxygen atoms in total. The summed E-state index contributed by atoms with van der Waals surface area (Å²) in [5.74, 6) is 0. The van der Waals surface area contributed by atoms with Crippen molar-refractivity contribution in [1.82, 2.24) is 4.90 Å². The predicted molar refractivity (Wildman–Crippen MR) is 52.6 cm³/mol. The van der Waals surface area contributed by atoms with E-state index in [2.05, 4.69) is 18.7 Å². The van der Waals surface area contributed by atoms with Crippen molar-refractivity contribution in [3.8, 4) is 0 Å². The van der Waals surface area contributed by atoms with Crippen LogP contribution in [0, 0.1) is 0 Å². The summed E-state index contributed by atoms with van der Waals surface area (Å²) in [4.78, 5) is 2.30. The Bertz CT molecular complexity index is 142. The fraction of sp³-hybridized carbons (Fsp3) is 1.00. The summed E-state index contributed by atoms with van der Waals surface area (Å²) in [6, 6.07) is 1.09. The molecule has 0 spiro atoms. The number of piperidine rings is 1. The molecule has 0 aromatic carbocycles. The average Bonchev–Trinajstić information content (AvgIpc) is 2.11. The van der Waals surface area contributed by atoms with Crippen molar-refractivity contribution in [2.24, 2.45) is 0 Å². The van der Waals surface area contributed by atoms with E-state index in [4.69, 9.17) is 5.11 Å². The van der Waals surface area contributed by atoms with Gasteiger partial charge in [-0.2, -0.15) is 0 Å². The van der Waals surface area contributed by atoms with Crippen LogP contribution in [-0.4, -0.2) is 46.5 Å². The highest BCUT2D eigenvalue weighted by Crippen LogP contribution is 2.22.